The van der Waals surface area contributed by atoms with Crippen LogP contribution in [0.4, 0.5) is 32.8 Å². The third-order valence-electron chi connectivity index (χ3n) is 20.2. The SMILES string of the molecule is C#CCOC1C(OC)[C@@H](COC)O[C@H]1n1cnc2c(N)ccnc21.COCCOC1C(OC)[C@@H](COC)O[C@H]1n1cnc2c(N)ccnc21.COC[C@H]1O[C@@H](n2cnc3c(N)ccnc32)C(F)C1OC.COC[C@H]1O[C@@H](n2cnc3c(N)ccnc32)C(OC)C1OC.COC[C@]12COC(C1OC)[C@H](n1cnc3c(N)ccnc31)O2. The lowest BCUT2D eigenvalue weighted by molar-refractivity contribution is -0.189. The molecule has 10 aromatic rings. The molecular weight excluding hydrogens is 1500 g/mol. The van der Waals surface area contributed by atoms with E-state index in [1.807, 2.05) is 13.7 Å². The molecule has 41 heteroatoms. The van der Waals surface area contributed by atoms with Gasteiger partial charge >= 0.3 is 0 Å². The molecule has 114 heavy (non-hydrogen) atoms. The average molecular weight is 1600 g/mol. The quantitative estimate of drug-likeness (QED) is 0.0365. The van der Waals surface area contributed by atoms with Crippen LogP contribution in [0.15, 0.2) is 93.0 Å². The minimum atomic E-state index is -1.35. The molecule has 6 aliphatic heterocycles. The van der Waals surface area contributed by atoms with Gasteiger partial charge in [0.1, 0.15) is 119 Å². The molecule has 20 atom stereocenters. The number of methoxy groups -OCH3 is 12. The van der Waals surface area contributed by atoms with Crippen molar-refractivity contribution in [3.63, 3.8) is 0 Å². The van der Waals surface area contributed by atoms with E-state index < -0.39 is 55.0 Å². The Morgan fingerprint density at radius 1 is 0.404 bits per heavy atom. The molecule has 16 rings (SSSR count). The number of nitrogens with zero attached hydrogens (tertiary/aromatic N) is 15. The predicted molar refractivity (Wildman–Crippen MR) is 407 cm³/mol. The Morgan fingerprint density at radius 3 is 1.08 bits per heavy atom. The molecule has 6 saturated heterocycles. The van der Waals surface area contributed by atoms with Crippen molar-refractivity contribution in [2.75, 3.05) is 173 Å². The van der Waals surface area contributed by atoms with Crippen LogP contribution in [-0.4, -0.2) is 309 Å². The number of halogens is 1. The lowest BCUT2D eigenvalue weighted by Crippen LogP contribution is -2.45. The molecule has 0 radical (unpaired) electrons. The van der Waals surface area contributed by atoms with E-state index >= 15 is 0 Å². The van der Waals surface area contributed by atoms with Crippen molar-refractivity contribution in [3.05, 3.63) is 93.0 Å². The lowest BCUT2D eigenvalue weighted by Gasteiger charge is -2.30. The summed E-state index contributed by atoms with van der Waals surface area (Å²) in [6.07, 6.45) is 13.2. The van der Waals surface area contributed by atoms with Gasteiger partial charge in [0.2, 0.25) is 0 Å². The van der Waals surface area contributed by atoms with Gasteiger partial charge in [-0.3, -0.25) is 22.8 Å². The van der Waals surface area contributed by atoms with Crippen LogP contribution in [0.5, 0.6) is 0 Å². The fourth-order valence-electron chi connectivity index (χ4n) is 15.1. The number of terminal acetylenes is 1. The van der Waals surface area contributed by atoms with Gasteiger partial charge in [-0.2, -0.15) is 0 Å². The Kier molecular flexibility index (Phi) is 28.4. The van der Waals surface area contributed by atoms with E-state index in [0.29, 0.717) is 131 Å². The van der Waals surface area contributed by atoms with E-state index in [9.17, 15) is 4.39 Å². The highest BCUT2D eigenvalue weighted by Gasteiger charge is 2.63. The summed E-state index contributed by atoms with van der Waals surface area (Å²) >= 11 is 0. The number of ether oxygens (including phenoxy) is 20. The maximum absolute atomic E-state index is 14.6. The summed E-state index contributed by atoms with van der Waals surface area (Å²) < 4.78 is 136. The highest BCUT2D eigenvalue weighted by molar-refractivity contribution is 5.86. The summed E-state index contributed by atoms with van der Waals surface area (Å²) in [6.45, 7) is 3.31. The highest BCUT2D eigenvalue weighted by atomic mass is 19.1. The number of nitrogens with two attached hydrogens (primary N) is 5. The first-order valence-electron chi connectivity index (χ1n) is 36.2. The standard InChI is InChI=1S/C16H24N4O5.C16H20N4O4.C14H18N4O4.C14H20N4O4.C13H17FN4O3/c1-21-6-7-24-14-13(23-3)11(8-22-2)25-16(14)20-9-19-12-10(17)4-5-18-15(12)20;1-4-7-23-14-13(22-3)11(8-21-2)24-16(14)20-9-19-12-10(17)5-6-18-15(12)20;1-19-5-14-6-21-10(11(14)20-2)13(22-14)18-7-17-9-8(15)3-4-16-12(9)18;1-19-6-9-11(20-2)12(21-3)14(22-9)18-7-17-10-8(15)4-5-16-13(10)18;1-19-5-8-11(20-2)9(14)13(21-8)18-6-17-10-7(15)3-4-16-12(10)18/h4-5,9,11,13-14,16H,6-8H2,1-3H3,(H2,17,18);1,5-6,9,11,13-14,16H,7-8H2,2-3H3,(H2,17,18);3-4,7,10-11,13H,5-6H2,1-2H3,(H2,15,16);4-5,7,9,11-12,14H,6H2,1-3H3,(H2,15,16);3-4,6,8-9,11,13H,5H2,1-2H3,(H2,15,16)/t2*11-,13?,14?,16-;10?,11?,13-,14+;9-,11?,12?,14-;8-,9?,11?,13-/m11111/s1. The van der Waals surface area contributed by atoms with E-state index in [4.69, 9.17) is 130 Å². The Labute approximate surface area is 654 Å². The van der Waals surface area contributed by atoms with E-state index in [2.05, 4.69) is 55.8 Å². The van der Waals surface area contributed by atoms with Gasteiger partial charge in [-0.15, -0.1) is 6.42 Å². The number of nitrogen functional groups attached to an aromatic ring is 5. The third-order valence-corrected chi connectivity index (χ3v) is 20.2. The fraction of sp³-hybridized carbons (Fsp3) is 0.562. The molecule has 40 nitrogen and oxygen atoms in total. The fourth-order valence-corrected chi connectivity index (χ4v) is 15.1. The zero-order valence-corrected chi connectivity index (χ0v) is 65.2. The van der Waals surface area contributed by atoms with Crippen molar-refractivity contribution >= 4 is 84.3 Å². The summed E-state index contributed by atoms with van der Waals surface area (Å²) in [4.78, 5) is 43.2. The number of alkyl halides is 1. The molecule has 0 aliphatic carbocycles. The molecule has 618 valence electrons. The zero-order valence-electron chi connectivity index (χ0n) is 65.2. The van der Waals surface area contributed by atoms with Gasteiger partial charge in [0.05, 0.1) is 113 Å². The molecular formula is C73H99FN20O20. The Hall–Kier alpha value is -9.21. The summed E-state index contributed by atoms with van der Waals surface area (Å²) in [5.41, 5.74) is 37.9. The van der Waals surface area contributed by atoms with Gasteiger partial charge in [-0.05, 0) is 30.3 Å². The van der Waals surface area contributed by atoms with Crippen LogP contribution in [0.25, 0.3) is 55.8 Å². The first-order valence-corrected chi connectivity index (χ1v) is 36.2. The topological polar surface area (TPSA) is 468 Å². The molecule has 0 aromatic carbocycles. The number of imidazole rings is 5. The molecule has 2 bridgehead atoms. The summed E-state index contributed by atoms with van der Waals surface area (Å²) in [7, 11) is 19.3. The molecule has 10 unspecified atom stereocenters. The van der Waals surface area contributed by atoms with Gasteiger partial charge in [-0.25, -0.2) is 54.2 Å². The molecule has 0 spiro atoms. The molecule has 0 saturated carbocycles. The third kappa shape index (κ3) is 16.8. The second kappa shape index (κ2) is 38.5. The van der Waals surface area contributed by atoms with Crippen LogP contribution in [0.1, 0.15) is 31.1 Å². The van der Waals surface area contributed by atoms with E-state index in [1.165, 1.54) is 25.1 Å². The number of fused-ring (bicyclic) bond motifs is 7. The maximum atomic E-state index is 14.6. The second-order valence-electron chi connectivity index (χ2n) is 26.9. The van der Waals surface area contributed by atoms with Crippen LogP contribution in [0.2, 0.25) is 0 Å². The molecule has 10 aromatic heterocycles. The number of anilines is 5. The Bertz CT molecular complexity index is 4700. The number of aromatic nitrogens is 15. The monoisotopic (exact) mass is 1590 g/mol. The van der Waals surface area contributed by atoms with Gasteiger partial charge < -0.3 is 123 Å². The zero-order chi connectivity index (χ0) is 80.9. The minimum Gasteiger partial charge on any atom is -0.397 e. The number of hydrogen-bond donors (Lipinski definition) is 5. The van der Waals surface area contributed by atoms with Crippen LogP contribution in [0, 0.1) is 12.3 Å². The number of pyridine rings is 5. The van der Waals surface area contributed by atoms with Gasteiger partial charge in [0, 0.05) is 116 Å². The second-order valence-corrected chi connectivity index (χ2v) is 26.9. The molecule has 0 amide bonds. The normalized spacial score (nSPS) is 28.9. The van der Waals surface area contributed by atoms with Crippen molar-refractivity contribution in [1.29, 1.82) is 0 Å². The van der Waals surface area contributed by atoms with E-state index in [-0.39, 0.29) is 80.5 Å². The number of hydrogen-bond acceptors (Lipinski definition) is 35. The number of rotatable bonds is 27. The van der Waals surface area contributed by atoms with Crippen molar-refractivity contribution in [2.45, 2.75) is 122 Å². The highest BCUT2D eigenvalue weighted by Crippen LogP contribution is 2.48. The first kappa shape index (κ1) is 84.2. The molecule has 10 N–H and O–H groups in total. The minimum absolute atomic E-state index is 0.145. The molecule has 6 aliphatic rings. The van der Waals surface area contributed by atoms with Crippen LogP contribution >= 0.6 is 0 Å². The predicted octanol–water partition coefficient (Wildman–Crippen LogP) is 3.03. The van der Waals surface area contributed by atoms with Gasteiger partial charge in [0.25, 0.3) is 0 Å². The van der Waals surface area contributed by atoms with Crippen LogP contribution in [-0.2, 0) is 94.7 Å². The van der Waals surface area contributed by atoms with E-state index in [0.717, 1.165) is 0 Å². The maximum Gasteiger partial charge on any atom is 0.174 e. The van der Waals surface area contributed by atoms with Crippen molar-refractivity contribution < 1.29 is 99.1 Å². The average Bonchev–Trinajstić information content (AvgIpc) is 1.56. The van der Waals surface area contributed by atoms with Crippen LogP contribution in [0.3, 0.4) is 0 Å². The summed E-state index contributed by atoms with van der Waals surface area (Å²) in [6, 6.07) is 8.51. The largest absolute Gasteiger partial charge is 0.397 e. The summed E-state index contributed by atoms with van der Waals surface area (Å²) in [5, 5.41) is 0. The molecule has 6 fully saturated rings. The van der Waals surface area contributed by atoms with Crippen molar-refractivity contribution in [3.8, 4) is 12.3 Å². The van der Waals surface area contributed by atoms with Gasteiger partial charge in [-0.1, -0.05) is 5.92 Å². The Morgan fingerprint density at radius 2 is 0.737 bits per heavy atom. The van der Waals surface area contributed by atoms with Gasteiger partial charge in [0.15, 0.2) is 65.5 Å². The van der Waals surface area contributed by atoms with E-state index in [1.54, 1.807) is 162 Å². The lowest BCUT2D eigenvalue weighted by atomic mass is 10.0. The van der Waals surface area contributed by atoms with Crippen molar-refractivity contribution in [1.82, 2.24) is 72.7 Å². The summed E-state index contributed by atoms with van der Waals surface area (Å²) in [5.74, 6) is 2.47. The van der Waals surface area contributed by atoms with Crippen molar-refractivity contribution in [2.24, 2.45) is 0 Å². The van der Waals surface area contributed by atoms with Crippen LogP contribution < -0.4 is 28.7 Å². The smallest absolute Gasteiger partial charge is 0.174 e. The molecule has 16 heterocycles. The first-order chi connectivity index (χ1) is 55.5. The Balaban J connectivity index is 0.000000132.